The molecule has 3 rings (SSSR count). The van der Waals surface area contributed by atoms with Gasteiger partial charge in [0.15, 0.2) is 0 Å². The first-order valence-corrected chi connectivity index (χ1v) is 8.44. The number of halogens is 1. The summed E-state index contributed by atoms with van der Waals surface area (Å²) in [5, 5.41) is 18.0. The molecule has 0 spiro atoms. The Hall–Kier alpha value is -3.04. The van der Waals surface area contributed by atoms with E-state index in [1.165, 1.54) is 12.1 Å². The predicted octanol–water partition coefficient (Wildman–Crippen LogP) is 4.20. The predicted molar refractivity (Wildman–Crippen MR) is 96.9 cm³/mol. The molecule has 26 heavy (non-hydrogen) atoms. The van der Waals surface area contributed by atoms with E-state index < -0.39 is 10.9 Å². The molecule has 1 heterocycles. The highest BCUT2D eigenvalue weighted by Crippen LogP contribution is 2.29. The Morgan fingerprint density at radius 3 is 2.69 bits per heavy atom. The highest BCUT2D eigenvalue weighted by atomic mass is 35.5. The first kappa shape index (κ1) is 17.8. The second-order valence-corrected chi connectivity index (χ2v) is 6.41. The summed E-state index contributed by atoms with van der Waals surface area (Å²) in [7, 11) is 0. The summed E-state index contributed by atoms with van der Waals surface area (Å²) in [6.45, 7) is -0.161. The molecular weight excluding hydrogens is 380 g/mol. The number of aromatic nitrogens is 2. The lowest BCUT2D eigenvalue weighted by atomic mass is 10.1. The number of hydrogen-bond acceptors (Lipinski definition) is 8. The Morgan fingerprint density at radius 1 is 1.27 bits per heavy atom. The maximum Gasteiger partial charge on any atom is 0.338 e. The molecule has 132 valence electrons. The van der Waals surface area contributed by atoms with Gasteiger partial charge in [-0.2, -0.15) is 0 Å². The highest BCUT2D eigenvalue weighted by Gasteiger charge is 2.19. The lowest BCUT2D eigenvalue weighted by molar-refractivity contribution is -0.383. The van der Waals surface area contributed by atoms with Gasteiger partial charge in [-0.25, -0.2) is 4.79 Å². The normalized spacial score (nSPS) is 10.3. The number of anilines is 2. The van der Waals surface area contributed by atoms with Gasteiger partial charge in [0, 0.05) is 23.3 Å². The zero-order chi connectivity index (χ0) is 18.5. The first-order valence-electron chi connectivity index (χ1n) is 7.29. The van der Waals surface area contributed by atoms with Crippen LogP contribution in [0.3, 0.4) is 0 Å². The summed E-state index contributed by atoms with van der Waals surface area (Å²) in [4.78, 5) is 22.9. The number of ether oxygens (including phenoxy) is 1. The van der Waals surface area contributed by atoms with E-state index in [9.17, 15) is 14.9 Å². The van der Waals surface area contributed by atoms with Crippen molar-refractivity contribution in [2.75, 3.05) is 5.32 Å². The van der Waals surface area contributed by atoms with Crippen LogP contribution >= 0.6 is 23.1 Å². The molecule has 0 saturated carbocycles. The third kappa shape index (κ3) is 4.13. The lowest BCUT2D eigenvalue weighted by Crippen LogP contribution is -2.07. The Labute approximate surface area is 156 Å². The third-order valence-electron chi connectivity index (χ3n) is 3.33. The number of esters is 1. The minimum Gasteiger partial charge on any atom is -0.455 e. The molecule has 0 unspecified atom stereocenters. The van der Waals surface area contributed by atoms with E-state index in [0.717, 1.165) is 17.6 Å². The molecule has 1 N–H and O–H groups in total. The Morgan fingerprint density at radius 2 is 2.04 bits per heavy atom. The number of para-hydroxylation sites is 1. The minimum atomic E-state index is -0.719. The van der Waals surface area contributed by atoms with Crippen molar-refractivity contribution in [2.45, 2.75) is 6.61 Å². The monoisotopic (exact) mass is 390 g/mol. The van der Waals surface area contributed by atoms with Crippen LogP contribution in [-0.4, -0.2) is 20.5 Å². The van der Waals surface area contributed by atoms with Gasteiger partial charge in [0.05, 0.1) is 10.5 Å². The summed E-state index contributed by atoms with van der Waals surface area (Å²) in [5.74, 6) is -0.719. The van der Waals surface area contributed by atoms with Gasteiger partial charge in [-0.05, 0) is 24.3 Å². The molecule has 0 fully saturated rings. The van der Waals surface area contributed by atoms with E-state index in [1.54, 1.807) is 24.3 Å². The molecule has 0 aliphatic heterocycles. The molecule has 0 bridgehead atoms. The number of nitro benzene ring substituents is 1. The maximum atomic E-state index is 12.1. The van der Waals surface area contributed by atoms with Gasteiger partial charge in [-0.1, -0.05) is 34.3 Å². The van der Waals surface area contributed by atoms with E-state index in [2.05, 4.69) is 14.9 Å². The van der Waals surface area contributed by atoms with Crippen molar-refractivity contribution in [1.82, 2.24) is 9.59 Å². The van der Waals surface area contributed by atoms with Gasteiger partial charge < -0.3 is 10.1 Å². The molecule has 2 aromatic carbocycles. The molecular formula is C16H11ClN4O4S. The average molecular weight is 391 g/mol. The van der Waals surface area contributed by atoms with Crippen LogP contribution in [0.1, 0.15) is 16.1 Å². The summed E-state index contributed by atoms with van der Waals surface area (Å²) < 4.78 is 9.04. The van der Waals surface area contributed by atoms with Crippen LogP contribution < -0.4 is 5.32 Å². The van der Waals surface area contributed by atoms with Crippen molar-refractivity contribution in [2.24, 2.45) is 0 Å². The second kappa shape index (κ2) is 7.89. The van der Waals surface area contributed by atoms with Crippen LogP contribution in [-0.2, 0) is 11.3 Å². The van der Waals surface area contributed by atoms with E-state index in [-0.39, 0.29) is 23.5 Å². The summed E-state index contributed by atoms with van der Waals surface area (Å²) in [5.41, 5.74) is 1.11. The molecule has 0 aliphatic carbocycles. The first-order chi connectivity index (χ1) is 12.5. The number of nitro groups is 1. The summed E-state index contributed by atoms with van der Waals surface area (Å²) in [6, 6.07) is 13.1. The van der Waals surface area contributed by atoms with E-state index in [4.69, 9.17) is 16.3 Å². The number of carbonyl (C=O) groups is 1. The van der Waals surface area contributed by atoms with Crippen LogP contribution in [0.2, 0.25) is 4.34 Å². The van der Waals surface area contributed by atoms with Crippen molar-refractivity contribution in [1.29, 1.82) is 0 Å². The largest absolute Gasteiger partial charge is 0.455 e. The number of hydrogen-bond donors (Lipinski definition) is 1. The third-order valence-corrected chi connectivity index (χ3v) is 4.32. The Balaban J connectivity index is 1.78. The molecule has 3 aromatic rings. The number of rotatable bonds is 6. The van der Waals surface area contributed by atoms with Crippen molar-refractivity contribution in [3.05, 3.63) is 74.2 Å². The van der Waals surface area contributed by atoms with Gasteiger partial charge in [-0.15, -0.1) is 5.10 Å². The topological polar surface area (TPSA) is 107 Å². The fourth-order valence-electron chi connectivity index (χ4n) is 2.09. The summed E-state index contributed by atoms with van der Waals surface area (Å²) >= 11 is 6.82. The molecule has 0 amide bonds. The summed E-state index contributed by atoms with van der Waals surface area (Å²) in [6.07, 6.45) is 0. The number of nitrogens with one attached hydrogen (secondary N) is 1. The van der Waals surface area contributed by atoms with Gasteiger partial charge in [-0.3, -0.25) is 10.1 Å². The quantitative estimate of drug-likeness (QED) is 0.381. The fourth-order valence-corrected chi connectivity index (χ4v) is 2.69. The zero-order valence-electron chi connectivity index (χ0n) is 13.1. The van der Waals surface area contributed by atoms with Crippen molar-refractivity contribution in [3.63, 3.8) is 0 Å². The van der Waals surface area contributed by atoms with Gasteiger partial charge in [0.25, 0.3) is 5.69 Å². The Bertz CT molecular complexity index is 948. The van der Waals surface area contributed by atoms with E-state index in [0.29, 0.717) is 15.7 Å². The van der Waals surface area contributed by atoms with Crippen molar-refractivity contribution in [3.8, 4) is 0 Å². The van der Waals surface area contributed by atoms with Crippen LogP contribution in [0.15, 0.2) is 48.5 Å². The lowest BCUT2D eigenvalue weighted by Gasteiger charge is -2.08. The minimum absolute atomic E-state index is 0.0506. The average Bonchev–Trinajstić information content (AvgIpc) is 3.05. The smallest absolute Gasteiger partial charge is 0.338 e. The molecule has 10 heteroatoms. The van der Waals surface area contributed by atoms with Gasteiger partial charge in [0.1, 0.15) is 22.3 Å². The van der Waals surface area contributed by atoms with Crippen LogP contribution in [0.5, 0.6) is 0 Å². The maximum absolute atomic E-state index is 12.1. The standard InChI is InChI=1S/C16H11ClN4O4S/c17-15-13(19-20-26-15)9-25-16(22)10-6-7-12(14(8-10)21(23)24)18-11-4-2-1-3-5-11/h1-8,18H,9H2. The highest BCUT2D eigenvalue weighted by molar-refractivity contribution is 7.10. The van der Waals surface area contributed by atoms with Crippen LogP contribution in [0.25, 0.3) is 0 Å². The van der Waals surface area contributed by atoms with Gasteiger partial charge >= 0.3 is 5.97 Å². The number of nitrogens with zero attached hydrogens (tertiary/aromatic N) is 3. The fraction of sp³-hybridized carbons (Fsp3) is 0.0625. The van der Waals surface area contributed by atoms with E-state index in [1.807, 2.05) is 6.07 Å². The Kier molecular flexibility index (Phi) is 5.40. The van der Waals surface area contributed by atoms with Gasteiger partial charge in [0.2, 0.25) is 0 Å². The van der Waals surface area contributed by atoms with Crippen molar-refractivity contribution < 1.29 is 14.5 Å². The molecule has 8 nitrogen and oxygen atoms in total. The second-order valence-electron chi connectivity index (χ2n) is 5.05. The molecule has 0 saturated heterocycles. The number of benzene rings is 2. The van der Waals surface area contributed by atoms with Crippen LogP contribution in [0.4, 0.5) is 17.1 Å². The number of carbonyl (C=O) groups excluding carboxylic acids is 1. The molecule has 0 atom stereocenters. The zero-order valence-corrected chi connectivity index (χ0v) is 14.7. The van der Waals surface area contributed by atoms with Crippen molar-refractivity contribution >= 4 is 46.2 Å². The molecule has 0 radical (unpaired) electrons. The van der Waals surface area contributed by atoms with Crippen LogP contribution in [0, 0.1) is 10.1 Å². The van der Waals surface area contributed by atoms with E-state index >= 15 is 0 Å². The molecule has 1 aromatic heterocycles. The molecule has 0 aliphatic rings. The SMILES string of the molecule is O=C(OCc1nnsc1Cl)c1ccc(Nc2ccccc2)c([N+](=O)[O-])c1.